The number of amides is 3. The van der Waals surface area contributed by atoms with Gasteiger partial charge in [-0.05, 0) is 59.3 Å². The largest absolute Gasteiger partial charge is 0.495 e. The number of halogens is 1. The molecule has 0 radical (unpaired) electrons. The molecule has 4 rings (SSSR count). The predicted octanol–water partition coefficient (Wildman–Crippen LogP) is 5.72. The molecule has 0 spiro atoms. The lowest BCUT2D eigenvalue weighted by Crippen LogP contribution is -2.27. The van der Waals surface area contributed by atoms with Crippen LogP contribution in [0, 0.1) is 0 Å². The first-order chi connectivity index (χ1) is 17.9. The summed E-state index contributed by atoms with van der Waals surface area (Å²) in [4.78, 5) is 39.3. The highest BCUT2D eigenvalue weighted by Crippen LogP contribution is 2.36. The number of thioether (sulfide) groups is 1. The first-order valence-electron chi connectivity index (χ1n) is 11.1. The van der Waals surface area contributed by atoms with E-state index in [-0.39, 0.29) is 30.2 Å². The van der Waals surface area contributed by atoms with Crippen LogP contribution in [0.5, 0.6) is 17.2 Å². The smallest absolute Gasteiger partial charge is 0.293 e. The number of nitrogens with one attached hydrogen (secondary N) is 1. The van der Waals surface area contributed by atoms with Gasteiger partial charge in [-0.15, -0.1) is 0 Å². The minimum absolute atomic E-state index is 0.177. The molecule has 0 aliphatic carbocycles. The number of carbonyl (C=O) groups excluding carboxylic acids is 3. The second kappa shape index (κ2) is 12.0. The average molecular weight is 583 g/mol. The van der Waals surface area contributed by atoms with E-state index in [1.807, 2.05) is 24.3 Å². The Morgan fingerprint density at radius 3 is 2.46 bits per heavy atom. The van der Waals surface area contributed by atoms with Gasteiger partial charge in [0.25, 0.3) is 17.1 Å². The third kappa shape index (κ3) is 6.33. The summed E-state index contributed by atoms with van der Waals surface area (Å²) in [5.41, 5.74) is 2.02. The number of nitrogens with zero attached hydrogens (tertiary/aromatic N) is 1. The first-order valence-corrected chi connectivity index (χ1v) is 12.7. The van der Waals surface area contributed by atoms with Gasteiger partial charge in [-0.25, -0.2) is 0 Å². The maximum atomic E-state index is 12.9. The molecule has 0 unspecified atom stereocenters. The predicted molar refractivity (Wildman–Crippen MR) is 146 cm³/mol. The summed E-state index contributed by atoms with van der Waals surface area (Å²) in [6, 6.07) is 19.6. The fourth-order valence-corrected chi connectivity index (χ4v) is 4.80. The molecule has 1 aliphatic rings. The van der Waals surface area contributed by atoms with Crippen molar-refractivity contribution in [3.05, 3.63) is 87.2 Å². The molecule has 0 atom stereocenters. The third-order valence-corrected chi connectivity index (χ3v) is 7.07. The number of carbonyl (C=O) groups is 3. The van der Waals surface area contributed by atoms with Crippen molar-refractivity contribution in [1.82, 2.24) is 4.90 Å². The van der Waals surface area contributed by atoms with Crippen LogP contribution >= 0.6 is 27.7 Å². The third-order valence-electron chi connectivity index (χ3n) is 5.39. The maximum Gasteiger partial charge on any atom is 0.293 e. The molecule has 1 aliphatic heterocycles. The second-order valence-corrected chi connectivity index (χ2v) is 9.65. The summed E-state index contributed by atoms with van der Waals surface area (Å²) < 4.78 is 17.1. The Morgan fingerprint density at radius 2 is 1.70 bits per heavy atom. The fraction of sp³-hybridized carbons (Fsp3) is 0.148. The number of methoxy groups -OCH3 is 2. The summed E-state index contributed by atoms with van der Waals surface area (Å²) in [7, 11) is 3.00. The van der Waals surface area contributed by atoms with Crippen molar-refractivity contribution in [2.24, 2.45) is 0 Å². The molecule has 37 heavy (non-hydrogen) atoms. The number of imide groups is 1. The van der Waals surface area contributed by atoms with Crippen LogP contribution in [0.4, 0.5) is 10.5 Å². The molecule has 0 bridgehead atoms. The molecule has 3 aromatic carbocycles. The normalized spacial score (nSPS) is 14.1. The lowest BCUT2D eigenvalue weighted by atomic mass is 10.1. The zero-order valence-corrected chi connectivity index (χ0v) is 22.4. The standard InChI is InChI=1S/C27H23BrN2O6S/c1-34-21-10-6-5-9-20(21)29-25(31)16-36-22-12-11-17(13-23(22)35-2)14-24-26(32)30(27(33)37-24)15-18-7-3-4-8-19(18)28/h3-14H,15-16H2,1-2H3,(H,29,31)/b24-14-. The van der Waals surface area contributed by atoms with Crippen LogP contribution in [0.2, 0.25) is 0 Å². The van der Waals surface area contributed by atoms with Crippen molar-refractivity contribution in [3.8, 4) is 17.2 Å². The minimum Gasteiger partial charge on any atom is -0.495 e. The molecule has 10 heteroatoms. The van der Waals surface area contributed by atoms with Crippen molar-refractivity contribution in [2.75, 3.05) is 26.1 Å². The molecule has 1 fully saturated rings. The fourth-order valence-electron chi connectivity index (χ4n) is 3.56. The monoisotopic (exact) mass is 582 g/mol. The average Bonchev–Trinajstić information content (AvgIpc) is 3.16. The van der Waals surface area contributed by atoms with Crippen LogP contribution in [-0.2, 0) is 16.1 Å². The number of anilines is 1. The Kier molecular flexibility index (Phi) is 8.52. The number of ether oxygens (including phenoxy) is 3. The summed E-state index contributed by atoms with van der Waals surface area (Å²) in [6.45, 7) is -0.0713. The zero-order valence-electron chi connectivity index (χ0n) is 20.0. The van der Waals surface area contributed by atoms with Crippen LogP contribution in [-0.4, -0.2) is 42.8 Å². The Labute approximate surface area is 226 Å². The zero-order chi connectivity index (χ0) is 26.4. The quantitative estimate of drug-likeness (QED) is 0.322. The highest BCUT2D eigenvalue weighted by atomic mass is 79.9. The van der Waals surface area contributed by atoms with Gasteiger partial charge in [-0.1, -0.05) is 52.3 Å². The number of hydrogen-bond donors (Lipinski definition) is 1. The molecular weight excluding hydrogens is 560 g/mol. The van der Waals surface area contributed by atoms with E-state index in [2.05, 4.69) is 21.2 Å². The summed E-state index contributed by atoms with van der Waals surface area (Å²) in [5, 5.41) is 2.41. The Morgan fingerprint density at radius 1 is 0.973 bits per heavy atom. The number of benzene rings is 3. The van der Waals surface area contributed by atoms with Crippen LogP contribution in [0.1, 0.15) is 11.1 Å². The number of hydrogen-bond acceptors (Lipinski definition) is 7. The molecule has 1 heterocycles. The van der Waals surface area contributed by atoms with Gasteiger partial charge in [0.15, 0.2) is 18.1 Å². The van der Waals surface area contributed by atoms with Gasteiger partial charge in [-0.2, -0.15) is 0 Å². The Balaban J connectivity index is 1.43. The molecule has 3 amide bonds. The lowest BCUT2D eigenvalue weighted by Gasteiger charge is -2.13. The van der Waals surface area contributed by atoms with Gasteiger partial charge in [-0.3, -0.25) is 19.3 Å². The molecule has 1 saturated heterocycles. The van der Waals surface area contributed by atoms with E-state index in [0.29, 0.717) is 33.4 Å². The molecule has 0 aromatic heterocycles. The van der Waals surface area contributed by atoms with E-state index >= 15 is 0 Å². The summed E-state index contributed by atoms with van der Waals surface area (Å²) in [5.74, 6) is 0.550. The lowest BCUT2D eigenvalue weighted by molar-refractivity contribution is -0.123. The van der Waals surface area contributed by atoms with E-state index in [9.17, 15) is 14.4 Å². The van der Waals surface area contributed by atoms with Gasteiger partial charge in [0.05, 0.1) is 31.4 Å². The van der Waals surface area contributed by atoms with Gasteiger partial charge < -0.3 is 19.5 Å². The summed E-state index contributed by atoms with van der Waals surface area (Å²) in [6.07, 6.45) is 1.63. The SMILES string of the molecule is COc1ccccc1NC(=O)COc1ccc(/C=C2\SC(=O)N(Cc3ccccc3Br)C2=O)cc1OC. The van der Waals surface area contributed by atoms with Crippen LogP contribution < -0.4 is 19.5 Å². The Bertz CT molecular complexity index is 1380. The molecular formula is C27H23BrN2O6S. The van der Waals surface area contributed by atoms with Gasteiger partial charge in [0, 0.05) is 4.47 Å². The van der Waals surface area contributed by atoms with Crippen molar-refractivity contribution < 1.29 is 28.6 Å². The molecule has 0 saturated carbocycles. The first kappa shape index (κ1) is 26.3. The number of rotatable bonds is 9. The van der Waals surface area contributed by atoms with Crippen LogP contribution in [0.3, 0.4) is 0 Å². The van der Waals surface area contributed by atoms with Crippen molar-refractivity contribution in [3.63, 3.8) is 0 Å². The Hall–Kier alpha value is -3.76. The van der Waals surface area contributed by atoms with Crippen molar-refractivity contribution in [1.29, 1.82) is 0 Å². The topological polar surface area (TPSA) is 94.2 Å². The van der Waals surface area contributed by atoms with E-state index in [0.717, 1.165) is 21.8 Å². The molecule has 1 N–H and O–H groups in total. The van der Waals surface area contributed by atoms with Gasteiger partial charge in [0.2, 0.25) is 0 Å². The number of para-hydroxylation sites is 2. The maximum absolute atomic E-state index is 12.9. The molecule has 3 aromatic rings. The van der Waals surface area contributed by atoms with Gasteiger partial charge in [0.1, 0.15) is 5.75 Å². The highest BCUT2D eigenvalue weighted by Gasteiger charge is 2.35. The second-order valence-electron chi connectivity index (χ2n) is 7.81. The minimum atomic E-state index is -0.366. The van der Waals surface area contributed by atoms with Crippen molar-refractivity contribution in [2.45, 2.75) is 6.54 Å². The van der Waals surface area contributed by atoms with E-state index in [1.165, 1.54) is 19.1 Å². The summed E-state index contributed by atoms with van der Waals surface area (Å²) >= 11 is 4.34. The van der Waals surface area contributed by atoms with Crippen LogP contribution in [0.15, 0.2) is 76.1 Å². The van der Waals surface area contributed by atoms with Crippen LogP contribution in [0.25, 0.3) is 6.08 Å². The van der Waals surface area contributed by atoms with Crippen molar-refractivity contribution >= 4 is 56.5 Å². The highest BCUT2D eigenvalue weighted by molar-refractivity contribution is 9.10. The molecule has 8 nitrogen and oxygen atoms in total. The van der Waals surface area contributed by atoms with E-state index in [1.54, 1.807) is 48.5 Å². The van der Waals surface area contributed by atoms with E-state index < -0.39 is 0 Å². The van der Waals surface area contributed by atoms with Gasteiger partial charge >= 0.3 is 0 Å². The molecule has 190 valence electrons. The van der Waals surface area contributed by atoms with E-state index in [4.69, 9.17) is 14.2 Å².